The smallest absolute Gasteiger partial charge is 0.260 e. The Morgan fingerprint density at radius 3 is 2.62 bits per heavy atom. The van der Waals surface area contributed by atoms with Crippen molar-refractivity contribution >= 4 is 33.4 Å². The largest absolute Gasteiger partial charge is 0.493 e. The first-order valence-corrected chi connectivity index (χ1v) is 9.84. The molecule has 0 heterocycles. The third-order valence-electron chi connectivity index (χ3n) is 4.23. The van der Waals surface area contributed by atoms with E-state index in [2.05, 4.69) is 27.8 Å². The van der Waals surface area contributed by atoms with Gasteiger partial charge < -0.3 is 19.7 Å². The molecule has 0 aliphatic carbocycles. The number of rotatable bonds is 9. The Balaban J connectivity index is 1.90. The number of ether oxygens (including phenoxy) is 2. The first-order chi connectivity index (χ1) is 13.8. The fraction of sp³-hybridized carbons (Fsp3) is 0.273. The average molecular weight is 461 g/mol. The summed E-state index contributed by atoms with van der Waals surface area (Å²) in [6.45, 7) is 5.34. The maximum Gasteiger partial charge on any atom is 0.260 e. The van der Waals surface area contributed by atoms with Crippen molar-refractivity contribution in [3.8, 4) is 11.5 Å². The van der Waals surface area contributed by atoms with E-state index in [9.17, 15) is 9.59 Å². The SMILES string of the molecule is C=CCc1ccc(OCC(=O)N(C)CC(=O)Nc2ccc(Br)cc2C)c(OC)c1. The topological polar surface area (TPSA) is 67.9 Å². The van der Waals surface area contributed by atoms with Crippen molar-refractivity contribution in [3.63, 3.8) is 0 Å². The molecule has 0 bridgehead atoms. The van der Waals surface area contributed by atoms with E-state index < -0.39 is 0 Å². The van der Waals surface area contributed by atoms with Crippen LogP contribution in [-0.4, -0.2) is 44.0 Å². The highest BCUT2D eigenvalue weighted by Gasteiger charge is 2.15. The summed E-state index contributed by atoms with van der Waals surface area (Å²) in [5, 5.41) is 2.81. The molecule has 0 radical (unpaired) electrons. The van der Waals surface area contributed by atoms with Crippen molar-refractivity contribution in [2.24, 2.45) is 0 Å². The van der Waals surface area contributed by atoms with E-state index in [-0.39, 0.29) is 25.0 Å². The monoisotopic (exact) mass is 460 g/mol. The number of carbonyl (C=O) groups excluding carboxylic acids is 2. The van der Waals surface area contributed by atoms with Crippen LogP contribution in [0.15, 0.2) is 53.5 Å². The third-order valence-corrected chi connectivity index (χ3v) is 4.72. The van der Waals surface area contributed by atoms with Crippen molar-refractivity contribution in [1.29, 1.82) is 0 Å². The van der Waals surface area contributed by atoms with Crippen LogP contribution in [0.4, 0.5) is 5.69 Å². The van der Waals surface area contributed by atoms with Gasteiger partial charge in [0.05, 0.1) is 13.7 Å². The Bertz CT molecular complexity index is 898. The molecule has 29 heavy (non-hydrogen) atoms. The van der Waals surface area contributed by atoms with Gasteiger partial charge in [-0.3, -0.25) is 9.59 Å². The predicted octanol–water partition coefficient (Wildman–Crippen LogP) is 3.97. The molecule has 0 fully saturated rings. The Morgan fingerprint density at radius 1 is 1.21 bits per heavy atom. The van der Waals surface area contributed by atoms with Gasteiger partial charge in [0.1, 0.15) is 0 Å². The summed E-state index contributed by atoms with van der Waals surface area (Å²) in [4.78, 5) is 25.9. The molecule has 0 aliphatic heterocycles. The molecule has 0 saturated heterocycles. The molecule has 0 saturated carbocycles. The second-order valence-corrected chi connectivity index (χ2v) is 7.44. The molecule has 6 nitrogen and oxygen atoms in total. The van der Waals surface area contributed by atoms with Gasteiger partial charge in [0.25, 0.3) is 5.91 Å². The highest BCUT2D eigenvalue weighted by molar-refractivity contribution is 9.10. The summed E-state index contributed by atoms with van der Waals surface area (Å²) in [7, 11) is 3.10. The van der Waals surface area contributed by atoms with E-state index in [1.165, 1.54) is 4.90 Å². The number of carbonyl (C=O) groups is 2. The highest BCUT2D eigenvalue weighted by Crippen LogP contribution is 2.28. The fourth-order valence-electron chi connectivity index (χ4n) is 2.64. The van der Waals surface area contributed by atoms with E-state index in [1.807, 2.05) is 37.3 Å². The Kier molecular flexibility index (Phi) is 8.27. The van der Waals surface area contributed by atoms with Gasteiger partial charge in [-0.25, -0.2) is 0 Å². The molecule has 0 spiro atoms. The lowest BCUT2D eigenvalue weighted by atomic mass is 10.1. The normalized spacial score (nSPS) is 10.2. The van der Waals surface area contributed by atoms with Gasteiger partial charge in [-0.2, -0.15) is 0 Å². The van der Waals surface area contributed by atoms with Crippen LogP contribution in [0.1, 0.15) is 11.1 Å². The maximum absolute atomic E-state index is 12.3. The fourth-order valence-corrected chi connectivity index (χ4v) is 3.11. The minimum absolute atomic E-state index is 0.0763. The lowest BCUT2D eigenvalue weighted by Crippen LogP contribution is -2.37. The zero-order valence-corrected chi connectivity index (χ0v) is 18.4. The molecule has 0 aromatic heterocycles. The van der Waals surface area contributed by atoms with Crippen LogP contribution in [0, 0.1) is 6.92 Å². The molecule has 7 heteroatoms. The molecular formula is C22H25BrN2O4. The molecule has 154 valence electrons. The number of nitrogens with one attached hydrogen (secondary N) is 1. The number of anilines is 1. The molecule has 0 aliphatic rings. The second kappa shape index (κ2) is 10.7. The molecule has 2 aromatic carbocycles. The predicted molar refractivity (Wildman–Crippen MR) is 118 cm³/mol. The number of hydrogen-bond donors (Lipinski definition) is 1. The summed E-state index contributed by atoms with van der Waals surface area (Å²) < 4.78 is 11.9. The number of methoxy groups -OCH3 is 1. The van der Waals surface area contributed by atoms with E-state index in [1.54, 1.807) is 26.3 Å². The summed E-state index contributed by atoms with van der Waals surface area (Å²) in [5.74, 6) is 0.419. The molecule has 1 N–H and O–H groups in total. The number of nitrogens with zero attached hydrogens (tertiary/aromatic N) is 1. The van der Waals surface area contributed by atoms with Crippen molar-refractivity contribution in [3.05, 3.63) is 64.7 Å². The molecule has 2 aromatic rings. The zero-order valence-electron chi connectivity index (χ0n) is 16.8. The van der Waals surface area contributed by atoms with Crippen molar-refractivity contribution in [2.75, 3.05) is 32.6 Å². The standard InChI is InChI=1S/C22H25BrN2O4/c1-5-6-16-7-10-19(20(12-16)28-4)29-14-22(27)25(3)13-21(26)24-18-9-8-17(23)11-15(18)2/h5,7-12H,1,6,13-14H2,2-4H3,(H,24,26). The number of halogens is 1. The van der Waals surface area contributed by atoms with Crippen LogP contribution >= 0.6 is 15.9 Å². The van der Waals surface area contributed by atoms with Gasteiger partial charge >= 0.3 is 0 Å². The summed E-state index contributed by atoms with van der Waals surface area (Å²) in [6.07, 6.45) is 2.51. The van der Waals surface area contributed by atoms with Gasteiger partial charge in [0, 0.05) is 17.2 Å². The van der Waals surface area contributed by atoms with Crippen molar-refractivity contribution < 1.29 is 19.1 Å². The number of amides is 2. The number of hydrogen-bond acceptors (Lipinski definition) is 4. The Labute approximate surface area is 179 Å². The van der Waals surface area contributed by atoms with Crippen molar-refractivity contribution in [2.45, 2.75) is 13.3 Å². The Morgan fingerprint density at radius 2 is 1.97 bits per heavy atom. The number of benzene rings is 2. The lowest BCUT2D eigenvalue weighted by molar-refractivity contribution is -0.135. The second-order valence-electron chi connectivity index (χ2n) is 6.52. The maximum atomic E-state index is 12.3. The third kappa shape index (κ3) is 6.64. The van der Waals surface area contributed by atoms with Crippen LogP contribution in [0.2, 0.25) is 0 Å². The van der Waals surface area contributed by atoms with E-state index in [0.29, 0.717) is 23.6 Å². The van der Waals surface area contributed by atoms with Crippen LogP contribution < -0.4 is 14.8 Å². The van der Waals surface area contributed by atoms with E-state index in [0.717, 1.165) is 15.6 Å². The summed E-state index contributed by atoms with van der Waals surface area (Å²) in [6, 6.07) is 11.1. The first kappa shape index (κ1) is 22.5. The molecule has 2 amide bonds. The minimum atomic E-state index is -0.315. The number of allylic oxidation sites excluding steroid dienone is 1. The van der Waals surface area contributed by atoms with Crippen LogP contribution in [-0.2, 0) is 16.0 Å². The summed E-state index contributed by atoms with van der Waals surface area (Å²) in [5.41, 5.74) is 2.67. The molecule has 0 unspecified atom stereocenters. The van der Waals surface area contributed by atoms with Crippen LogP contribution in [0.3, 0.4) is 0 Å². The van der Waals surface area contributed by atoms with Gasteiger partial charge in [0.15, 0.2) is 18.1 Å². The summed E-state index contributed by atoms with van der Waals surface area (Å²) >= 11 is 3.39. The minimum Gasteiger partial charge on any atom is -0.493 e. The molecular weight excluding hydrogens is 436 g/mol. The number of aryl methyl sites for hydroxylation is 1. The highest BCUT2D eigenvalue weighted by atomic mass is 79.9. The quantitative estimate of drug-likeness (QED) is 0.574. The zero-order chi connectivity index (χ0) is 21.4. The average Bonchev–Trinajstić information content (AvgIpc) is 2.68. The van der Waals surface area contributed by atoms with E-state index in [4.69, 9.17) is 9.47 Å². The lowest BCUT2D eigenvalue weighted by Gasteiger charge is -2.18. The van der Waals surface area contributed by atoms with Crippen LogP contribution in [0.25, 0.3) is 0 Å². The van der Waals surface area contributed by atoms with Gasteiger partial charge in [-0.05, 0) is 54.8 Å². The van der Waals surface area contributed by atoms with Gasteiger partial charge in [-0.1, -0.05) is 28.1 Å². The first-order valence-electron chi connectivity index (χ1n) is 9.04. The van der Waals surface area contributed by atoms with Gasteiger partial charge in [0.2, 0.25) is 5.91 Å². The number of likely N-dealkylation sites (N-methyl/N-ethyl adjacent to an activating group) is 1. The van der Waals surface area contributed by atoms with Crippen LogP contribution in [0.5, 0.6) is 11.5 Å². The Hall–Kier alpha value is -2.80. The van der Waals surface area contributed by atoms with Crippen molar-refractivity contribution in [1.82, 2.24) is 4.90 Å². The molecule has 0 atom stereocenters. The molecule has 2 rings (SSSR count). The van der Waals surface area contributed by atoms with Gasteiger partial charge in [-0.15, -0.1) is 6.58 Å². The van der Waals surface area contributed by atoms with E-state index >= 15 is 0 Å².